The van der Waals surface area contributed by atoms with Crippen molar-refractivity contribution in [1.82, 2.24) is 0 Å². The Balaban J connectivity index is 2.49. The zero-order valence-electron chi connectivity index (χ0n) is 9.06. The van der Waals surface area contributed by atoms with Crippen molar-refractivity contribution in [1.29, 1.82) is 0 Å². The number of halogens is 2. The first-order valence-corrected chi connectivity index (χ1v) is 6.70. The number of aliphatic carboxylic acids is 1. The average molecular weight is 299 g/mol. The van der Waals surface area contributed by atoms with Crippen molar-refractivity contribution >= 4 is 52.2 Å². The summed E-state index contributed by atoms with van der Waals surface area (Å²) in [6.45, 7) is 0. The van der Waals surface area contributed by atoms with Crippen LogP contribution in [-0.2, 0) is 4.79 Å². The minimum absolute atomic E-state index is 0.209. The highest BCUT2D eigenvalue weighted by Crippen LogP contribution is 2.26. The van der Waals surface area contributed by atoms with Crippen molar-refractivity contribution in [3.05, 3.63) is 56.2 Å². The molecule has 0 aliphatic rings. The third-order valence-corrected chi connectivity index (χ3v) is 3.57. The topological polar surface area (TPSA) is 37.3 Å². The molecule has 0 aliphatic heterocycles. The van der Waals surface area contributed by atoms with Gasteiger partial charge in [-0.05, 0) is 46.2 Å². The van der Waals surface area contributed by atoms with Crippen molar-refractivity contribution < 1.29 is 9.90 Å². The van der Waals surface area contributed by atoms with Gasteiger partial charge < -0.3 is 5.11 Å². The minimum Gasteiger partial charge on any atom is -0.478 e. The fourth-order valence-corrected chi connectivity index (χ4v) is 2.58. The molecule has 0 spiro atoms. The second-order valence-electron chi connectivity index (χ2n) is 3.54. The van der Waals surface area contributed by atoms with Gasteiger partial charge in [-0.15, -0.1) is 0 Å². The van der Waals surface area contributed by atoms with Crippen LogP contribution in [0.1, 0.15) is 11.1 Å². The molecule has 0 aliphatic carbocycles. The molecule has 2 aromatic rings. The molecule has 0 amide bonds. The predicted molar refractivity (Wildman–Crippen MR) is 76.3 cm³/mol. The third kappa shape index (κ3) is 2.93. The van der Waals surface area contributed by atoms with Crippen LogP contribution in [0.25, 0.3) is 11.6 Å². The average Bonchev–Trinajstić information content (AvgIpc) is 2.80. The highest BCUT2D eigenvalue weighted by Gasteiger charge is 2.11. The summed E-state index contributed by atoms with van der Waals surface area (Å²) in [6, 6.07) is 6.71. The van der Waals surface area contributed by atoms with Crippen molar-refractivity contribution in [3.8, 4) is 0 Å². The molecule has 2 nitrogen and oxygen atoms in total. The lowest BCUT2D eigenvalue weighted by Crippen LogP contribution is -1.98. The summed E-state index contributed by atoms with van der Waals surface area (Å²) in [5, 5.41) is 13.8. The molecule has 1 N–H and O–H groups in total. The number of thiophene rings is 1. The lowest BCUT2D eigenvalue weighted by Gasteiger charge is -2.02. The summed E-state index contributed by atoms with van der Waals surface area (Å²) in [5.41, 5.74) is 1.50. The van der Waals surface area contributed by atoms with Gasteiger partial charge in [0.25, 0.3) is 0 Å². The van der Waals surface area contributed by atoms with E-state index in [1.807, 2.05) is 5.38 Å². The Labute approximate surface area is 118 Å². The summed E-state index contributed by atoms with van der Waals surface area (Å²) >= 11 is 13.3. The Morgan fingerprint density at radius 2 is 2.06 bits per heavy atom. The molecule has 1 heterocycles. The van der Waals surface area contributed by atoms with E-state index in [2.05, 4.69) is 0 Å². The molecule has 0 unspecified atom stereocenters. The fourth-order valence-electron chi connectivity index (χ4n) is 1.46. The number of hydrogen-bond acceptors (Lipinski definition) is 2. The first-order valence-electron chi connectivity index (χ1n) is 5.00. The SMILES string of the molecule is O=C(O)/C(=C/c1ccc(Cl)cc1Cl)c1ccsc1. The molecule has 0 saturated heterocycles. The highest BCUT2D eigenvalue weighted by atomic mass is 35.5. The van der Waals surface area contributed by atoms with Crippen LogP contribution in [0.3, 0.4) is 0 Å². The van der Waals surface area contributed by atoms with Crippen LogP contribution in [0, 0.1) is 0 Å². The van der Waals surface area contributed by atoms with Gasteiger partial charge in [0.2, 0.25) is 0 Å². The minimum atomic E-state index is -0.987. The van der Waals surface area contributed by atoms with Gasteiger partial charge in [0.15, 0.2) is 0 Å². The first-order chi connectivity index (χ1) is 8.58. The molecule has 5 heteroatoms. The molecule has 1 aromatic heterocycles. The summed E-state index contributed by atoms with van der Waals surface area (Å²) < 4.78 is 0. The van der Waals surface area contributed by atoms with E-state index >= 15 is 0 Å². The van der Waals surface area contributed by atoms with Crippen molar-refractivity contribution in [2.24, 2.45) is 0 Å². The van der Waals surface area contributed by atoms with Crippen LogP contribution in [-0.4, -0.2) is 11.1 Å². The van der Waals surface area contributed by atoms with Gasteiger partial charge in [-0.25, -0.2) is 4.79 Å². The van der Waals surface area contributed by atoms with Gasteiger partial charge in [-0.1, -0.05) is 29.3 Å². The maximum atomic E-state index is 11.2. The van der Waals surface area contributed by atoms with Gasteiger partial charge in [0.05, 0.1) is 5.57 Å². The molecule has 0 bridgehead atoms. The van der Waals surface area contributed by atoms with E-state index < -0.39 is 5.97 Å². The van der Waals surface area contributed by atoms with Gasteiger partial charge >= 0.3 is 5.97 Å². The quantitative estimate of drug-likeness (QED) is 0.835. The normalized spacial score (nSPS) is 11.6. The van der Waals surface area contributed by atoms with Crippen molar-refractivity contribution in [2.45, 2.75) is 0 Å². The van der Waals surface area contributed by atoms with Crippen molar-refractivity contribution in [2.75, 3.05) is 0 Å². The molecule has 2 rings (SSSR count). The molecular weight excluding hydrogens is 291 g/mol. The molecule has 92 valence electrons. The second-order valence-corrected chi connectivity index (χ2v) is 5.16. The van der Waals surface area contributed by atoms with Gasteiger partial charge in [0.1, 0.15) is 0 Å². The molecule has 1 aromatic carbocycles. The number of hydrogen-bond donors (Lipinski definition) is 1. The Bertz CT molecular complexity index is 603. The van der Waals surface area contributed by atoms with Gasteiger partial charge in [-0.2, -0.15) is 11.3 Å². The van der Waals surface area contributed by atoms with Crippen molar-refractivity contribution in [3.63, 3.8) is 0 Å². The summed E-state index contributed by atoms with van der Waals surface area (Å²) in [6.07, 6.45) is 1.54. The van der Waals surface area contributed by atoms with Crippen LogP contribution < -0.4 is 0 Å². The summed E-state index contributed by atoms with van der Waals surface area (Å²) in [7, 11) is 0. The number of rotatable bonds is 3. The monoisotopic (exact) mass is 298 g/mol. The van der Waals surface area contributed by atoms with Crippen LogP contribution in [0.4, 0.5) is 0 Å². The van der Waals surface area contributed by atoms with E-state index in [0.29, 0.717) is 21.2 Å². The second kappa shape index (κ2) is 5.57. The largest absolute Gasteiger partial charge is 0.478 e. The molecule has 0 radical (unpaired) electrons. The Morgan fingerprint density at radius 1 is 1.28 bits per heavy atom. The number of benzene rings is 1. The standard InChI is InChI=1S/C13H8Cl2O2S/c14-10-2-1-8(12(15)6-10)5-11(13(16)17)9-3-4-18-7-9/h1-7H,(H,16,17)/b11-5+. The molecule has 18 heavy (non-hydrogen) atoms. The Hall–Kier alpha value is -1.29. The lowest BCUT2D eigenvalue weighted by atomic mass is 10.1. The first kappa shape index (κ1) is 13.1. The maximum absolute atomic E-state index is 11.2. The van der Waals surface area contributed by atoms with E-state index in [9.17, 15) is 9.90 Å². The van der Waals surface area contributed by atoms with Crippen LogP contribution in [0.2, 0.25) is 10.0 Å². The number of carboxylic acids is 1. The van der Waals surface area contributed by atoms with E-state index in [4.69, 9.17) is 23.2 Å². The fraction of sp³-hybridized carbons (Fsp3) is 0. The zero-order valence-corrected chi connectivity index (χ0v) is 11.4. The van der Waals surface area contributed by atoms with E-state index in [0.717, 1.165) is 0 Å². The number of carbonyl (C=O) groups is 1. The molecular formula is C13H8Cl2O2S. The summed E-state index contributed by atoms with van der Waals surface area (Å²) in [5.74, 6) is -0.987. The van der Waals surface area contributed by atoms with Gasteiger partial charge in [0, 0.05) is 10.0 Å². The maximum Gasteiger partial charge on any atom is 0.336 e. The van der Waals surface area contributed by atoms with E-state index in [1.54, 1.807) is 35.7 Å². The Kier molecular flexibility index (Phi) is 4.07. The van der Waals surface area contributed by atoms with Crippen LogP contribution in [0.5, 0.6) is 0 Å². The third-order valence-electron chi connectivity index (χ3n) is 2.32. The smallest absolute Gasteiger partial charge is 0.336 e. The molecule has 0 fully saturated rings. The highest BCUT2D eigenvalue weighted by molar-refractivity contribution is 7.08. The summed E-state index contributed by atoms with van der Waals surface area (Å²) in [4.78, 5) is 11.2. The van der Waals surface area contributed by atoms with Crippen LogP contribution in [0.15, 0.2) is 35.0 Å². The number of carboxylic acid groups (broad SMARTS) is 1. The Morgan fingerprint density at radius 3 is 2.61 bits per heavy atom. The van der Waals surface area contributed by atoms with Gasteiger partial charge in [-0.3, -0.25) is 0 Å². The van der Waals surface area contributed by atoms with E-state index in [1.165, 1.54) is 11.3 Å². The predicted octanol–water partition coefficient (Wildman–Crippen LogP) is 4.68. The van der Waals surface area contributed by atoms with E-state index in [-0.39, 0.29) is 5.57 Å². The van der Waals surface area contributed by atoms with Crippen LogP contribution >= 0.6 is 34.5 Å². The molecule has 0 atom stereocenters. The zero-order chi connectivity index (χ0) is 13.1. The lowest BCUT2D eigenvalue weighted by molar-refractivity contribution is -0.130. The molecule has 0 saturated carbocycles.